The fourth-order valence-electron chi connectivity index (χ4n) is 4.42. The molecule has 0 aromatic heterocycles. The lowest BCUT2D eigenvalue weighted by molar-refractivity contribution is 0.805. The Hall–Kier alpha value is -4.10. The van der Waals surface area contributed by atoms with Crippen LogP contribution in [0, 0.1) is 0 Å². The lowest BCUT2D eigenvalue weighted by atomic mass is 9.86. The molecule has 0 atom stereocenters. The SMILES string of the molecule is c1ccc(C(Cc2ccc(N(c3ccccc3)c3ccccc3)cc2)c2ccccc2)cc1. The monoisotopic (exact) mass is 425 g/mol. The van der Waals surface area contributed by atoms with Crippen LogP contribution in [0.3, 0.4) is 0 Å². The van der Waals surface area contributed by atoms with E-state index >= 15 is 0 Å². The summed E-state index contributed by atoms with van der Waals surface area (Å²) in [6.45, 7) is 0. The van der Waals surface area contributed by atoms with E-state index in [0.29, 0.717) is 5.92 Å². The van der Waals surface area contributed by atoms with Crippen LogP contribution in [0.25, 0.3) is 0 Å². The van der Waals surface area contributed by atoms with E-state index in [1.807, 2.05) is 0 Å². The standard InChI is InChI=1S/C32H27N/c1-5-13-27(14-6-1)32(28-15-7-2-8-16-28)25-26-21-23-31(24-22-26)33(29-17-9-3-10-18-29)30-19-11-4-12-20-30/h1-24,32H,25H2. The third kappa shape index (κ3) is 4.88. The maximum Gasteiger partial charge on any atom is 0.0461 e. The zero-order valence-corrected chi connectivity index (χ0v) is 18.6. The van der Waals surface area contributed by atoms with E-state index in [0.717, 1.165) is 23.5 Å². The van der Waals surface area contributed by atoms with Gasteiger partial charge in [-0.25, -0.2) is 0 Å². The normalized spacial score (nSPS) is 10.8. The molecule has 0 amide bonds. The molecule has 0 bridgehead atoms. The van der Waals surface area contributed by atoms with Gasteiger partial charge in [0.1, 0.15) is 0 Å². The van der Waals surface area contributed by atoms with Crippen LogP contribution in [0.5, 0.6) is 0 Å². The third-order valence-electron chi connectivity index (χ3n) is 6.07. The minimum absolute atomic E-state index is 0.331. The number of anilines is 3. The van der Waals surface area contributed by atoms with Crippen LogP contribution in [0.15, 0.2) is 146 Å². The first-order valence-electron chi connectivity index (χ1n) is 11.5. The molecule has 160 valence electrons. The summed E-state index contributed by atoms with van der Waals surface area (Å²) >= 11 is 0. The van der Waals surface area contributed by atoms with Gasteiger partial charge in [-0.2, -0.15) is 0 Å². The summed E-state index contributed by atoms with van der Waals surface area (Å²) in [5, 5.41) is 0. The fourth-order valence-corrected chi connectivity index (χ4v) is 4.42. The number of nitrogens with zero attached hydrogens (tertiary/aromatic N) is 1. The van der Waals surface area contributed by atoms with Gasteiger partial charge in [-0.05, 0) is 59.5 Å². The van der Waals surface area contributed by atoms with Crippen LogP contribution < -0.4 is 4.90 Å². The number of benzene rings is 5. The van der Waals surface area contributed by atoms with E-state index in [2.05, 4.69) is 150 Å². The van der Waals surface area contributed by atoms with Crippen molar-refractivity contribution in [1.29, 1.82) is 0 Å². The molecule has 1 nitrogen and oxygen atoms in total. The van der Waals surface area contributed by atoms with Crippen molar-refractivity contribution < 1.29 is 0 Å². The quantitative estimate of drug-likeness (QED) is 0.252. The second-order valence-electron chi connectivity index (χ2n) is 8.25. The Kier molecular flexibility index (Phi) is 6.31. The van der Waals surface area contributed by atoms with Crippen LogP contribution >= 0.6 is 0 Å². The van der Waals surface area contributed by atoms with Crippen molar-refractivity contribution in [3.63, 3.8) is 0 Å². The minimum atomic E-state index is 0.331. The van der Waals surface area contributed by atoms with Crippen LogP contribution in [-0.4, -0.2) is 0 Å². The van der Waals surface area contributed by atoms with E-state index in [4.69, 9.17) is 0 Å². The molecule has 1 heteroatoms. The Bertz CT molecular complexity index is 1170. The molecule has 0 radical (unpaired) electrons. The second kappa shape index (κ2) is 10.0. The van der Waals surface area contributed by atoms with Gasteiger partial charge in [0, 0.05) is 23.0 Å². The summed E-state index contributed by atoms with van der Waals surface area (Å²) in [6.07, 6.45) is 0.963. The van der Waals surface area contributed by atoms with Gasteiger partial charge in [0.15, 0.2) is 0 Å². The van der Waals surface area contributed by atoms with Crippen molar-refractivity contribution in [2.75, 3.05) is 4.90 Å². The molecule has 5 aromatic carbocycles. The van der Waals surface area contributed by atoms with Crippen LogP contribution in [-0.2, 0) is 6.42 Å². The first-order chi connectivity index (χ1) is 16.4. The number of para-hydroxylation sites is 2. The van der Waals surface area contributed by atoms with Crippen molar-refractivity contribution >= 4 is 17.1 Å². The van der Waals surface area contributed by atoms with E-state index in [1.165, 1.54) is 16.7 Å². The highest BCUT2D eigenvalue weighted by molar-refractivity contribution is 5.76. The van der Waals surface area contributed by atoms with Crippen molar-refractivity contribution in [3.8, 4) is 0 Å². The van der Waals surface area contributed by atoms with Gasteiger partial charge in [-0.15, -0.1) is 0 Å². The molecular weight excluding hydrogens is 398 g/mol. The Morgan fingerprint density at radius 1 is 0.394 bits per heavy atom. The largest absolute Gasteiger partial charge is 0.311 e. The van der Waals surface area contributed by atoms with Crippen LogP contribution in [0.1, 0.15) is 22.6 Å². The van der Waals surface area contributed by atoms with Crippen LogP contribution in [0.2, 0.25) is 0 Å². The summed E-state index contributed by atoms with van der Waals surface area (Å²) in [5.41, 5.74) is 7.50. The summed E-state index contributed by atoms with van der Waals surface area (Å²) < 4.78 is 0. The van der Waals surface area contributed by atoms with Crippen LogP contribution in [0.4, 0.5) is 17.1 Å². The van der Waals surface area contributed by atoms with E-state index in [-0.39, 0.29) is 0 Å². The highest BCUT2D eigenvalue weighted by Crippen LogP contribution is 2.35. The molecule has 0 fully saturated rings. The lowest BCUT2D eigenvalue weighted by Crippen LogP contribution is -2.10. The molecular formula is C32H27N. The lowest BCUT2D eigenvalue weighted by Gasteiger charge is -2.26. The maximum absolute atomic E-state index is 2.30. The topological polar surface area (TPSA) is 3.24 Å². The van der Waals surface area contributed by atoms with Crippen molar-refractivity contribution in [2.45, 2.75) is 12.3 Å². The molecule has 0 N–H and O–H groups in total. The van der Waals surface area contributed by atoms with Gasteiger partial charge in [-0.1, -0.05) is 109 Å². The third-order valence-corrected chi connectivity index (χ3v) is 6.07. The molecule has 0 saturated heterocycles. The Morgan fingerprint density at radius 3 is 1.18 bits per heavy atom. The van der Waals surface area contributed by atoms with Gasteiger partial charge >= 0.3 is 0 Å². The average Bonchev–Trinajstić information content (AvgIpc) is 2.91. The fraction of sp³-hybridized carbons (Fsp3) is 0.0625. The molecule has 5 aromatic rings. The Balaban J connectivity index is 1.46. The van der Waals surface area contributed by atoms with E-state index in [1.54, 1.807) is 0 Å². The molecule has 0 spiro atoms. The first-order valence-corrected chi connectivity index (χ1v) is 11.5. The molecule has 33 heavy (non-hydrogen) atoms. The van der Waals surface area contributed by atoms with Crippen molar-refractivity contribution in [2.24, 2.45) is 0 Å². The molecule has 0 saturated carbocycles. The highest BCUT2D eigenvalue weighted by atomic mass is 15.1. The number of rotatable bonds is 7. The molecule has 0 unspecified atom stereocenters. The highest BCUT2D eigenvalue weighted by Gasteiger charge is 2.16. The summed E-state index contributed by atoms with van der Waals surface area (Å²) in [7, 11) is 0. The van der Waals surface area contributed by atoms with Gasteiger partial charge in [0.2, 0.25) is 0 Å². The zero-order chi connectivity index (χ0) is 22.3. The van der Waals surface area contributed by atoms with Crippen molar-refractivity contribution in [3.05, 3.63) is 162 Å². The molecule has 0 aliphatic rings. The molecule has 0 aliphatic carbocycles. The zero-order valence-electron chi connectivity index (χ0n) is 18.6. The van der Waals surface area contributed by atoms with Gasteiger partial charge in [-0.3, -0.25) is 0 Å². The summed E-state index contributed by atoms with van der Waals surface area (Å²) in [4.78, 5) is 2.30. The first kappa shape index (κ1) is 20.8. The predicted octanol–water partition coefficient (Wildman–Crippen LogP) is 8.53. The van der Waals surface area contributed by atoms with E-state index in [9.17, 15) is 0 Å². The number of hydrogen-bond acceptors (Lipinski definition) is 1. The van der Waals surface area contributed by atoms with Gasteiger partial charge in [0.05, 0.1) is 0 Å². The number of hydrogen-bond donors (Lipinski definition) is 0. The Morgan fingerprint density at radius 2 is 0.758 bits per heavy atom. The van der Waals surface area contributed by atoms with Gasteiger partial charge < -0.3 is 4.90 Å². The molecule has 0 heterocycles. The Labute approximate surface area is 196 Å². The average molecular weight is 426 g/mol. The summed E-state index contributed by atoms with van der Waals surface area (Å²) in [5.74, 6) is 0.331. The minimum Gasteiger partial charge on any atom is -0.311 e. The maximum atomic E-state index is 2.30. The van der Waals surface area contributed by atoms with Crippen molar-refractivity contribution in [1.82, 2.24) is 0 Å². The molecule has 5 rings (SSSR count). The van der Waals surface area contributed by atoms with Gasteiger partial charge in [0.25, 0.3) is 0 Å². The summed E-state index contributed by atoms with van der Waals surface area (Å²) in [6, 6.07) is 51.7. The second-order valence-corrected chi connectivity index (χ2v) is 8.25. The van der Waals surface area contributed by atoms with E-state index < -0.39 is 0 Å². The smallest absolute Gasteiger partial charge is 0.0461 e. The predicted molar refractivity (Wildman–Crippen MR) is 140 cm³/mol. The molecule has 0 aliphatic heterocycles.